The maximum atomic E-state index is 10.1. The first-order chi connectivity index (χ1) is 8.77. The zero-order valence-electron chi connectivity index (χ0n) is 10.3. The summed E-state index contributed by atoms with van der Waals surface area (Å²) in [4.78, 5) is 22.1. The Kier molecular flexibility index (Phi) is 12.5. The van der Waals surface area contributed by atoms with E-state index in [0.29, 0.717) is 0 Å². The molecule has 0 aliphatic rings. The first-order valence-corrected chi connectivity index (χ1v) is 7.00. The van der Waals surface area contributed by atoms with Gasteiger partial charge in [0.05, 0.1) is 5.69 Å². The SMILES string of the molecule is CC(N)c1ccccn1.O=C(O)C(Br)C(Br)C(=O)O.[Pt]. The van der Waals surface area contributed by atoms with E-state index in [1.807, 2.05) is 25.1 Å². The van der Waals surface area contributed by atoms with Crippen LogP contribution >= 0.6 is 31.9 Å². The van der Waals surface area contributed by atoms with Gasteiger partial charge in [-0.15, -0.1) is 0 Å². The second kappa shape index (κ2) is 11.4. The Bertz CT molecular complexity index is 402. The van der Waals surface area contributed by atoms with E-state index < -0.39 is 21.6 Å². The number of alkyl halides is 2. The second-order valence-corrected chi connectivity index (χ2v) is 5.50. The van der Waals surface area contributed by atoms with Crippen LogP contribution in [-0.4, -0.2) is 36.8 Å². The molecule has 116 valence electrons. The number of hydrogen-bond acceptors (Lipinski definition) is 4. The Hall–Kier alpha value is -0.302. The maximum Gasteiger partial charge on any atom is 0.319 e. The fraction of sp³-hybridized carbons (Fsp3) is 0.364. The first kappa shape index (κ1) is 22.0. The van der Waals surface area contributed by atoms with Gasteiger partial charge in [0.25, 0.3) is 0 Å². The molecule has 9 heteroatoms. The van der Waals surface area contributed by atoms with Gasteiger partial charge in [0.15, 0.2) is 0 Å². The molecule has 0 fully saturated rings. The number of carboxylic acids is 2. The first-order valence-electron chi connectivity index (χ1n) is 5.17. The molecule has 0 saturated heterocycles. The monoisotopic (exact) mass is 591 g/mol. The molecule has 3 unspecified atom stereocenters. The molecule has 4 N–H and O–H groups in total. The molecule has 0 bridgehead atoms. The molecule has 6 nitrogen and oxygen atoms in total. The fourth-order valence-electron chi connectivity index (χ4n) is 0.896. The molecule has 1 aromatic heterocycles. The van der Waals surface area contributed by atoms with Gasteiger partial charge in [-0.25, -0.2) is 0 Å². The van der Waals surface area contributed by atoms with Gasteiger partial charge in [0.1, 0.15) is 9.65 Å². The summed E-state index contributed by atoms with van der Waals surface area (Å²) in [5, 5.41) is 16.5. The third-order valence-corrected chi connectivity index (χ3v) is 4.43. The van der Waals surface area contributed by atoms with Gasteiger partial charge in [-0.05, 0) is 19.1 Å². The van der Waals surface area contributed by atoms with Crippen molar-refractivity contribution in [3.05, 3.63) is 30.1 Å². The summed E-state index contributed by atoms with van der Waals surface area (Å²) in [5.41, 5.74) is 6.49. The van der Waals surface area contributed by atoms with Gasteiger partial charge in [0.2, 0.25) is 0 Å². The molecule has 0 amide bonds. The summed E-state index contributed by atoms with van der Waals surface area (Å²) < 4.78 is 0. The van der Waals surface area contributed by atoms with Gasteiger partial charge in [-0.2, -0.15) is 0 Å². The summed E-state index contributed by atoms with van der Waals surface area (Å²) in [6, 6.07) is 5.79. The van der Waals surface area contributed by atoms with Crippen molar-refractivity contribution in [2.75, 3.05) is 0 Å². The molecule has 1 heterocycles. The van der Waals surface area contributed by atoms with Crippen molar-refractivity contribution in [1.29, 1.82) is 0 Å². The number of nitrogens with two attached hydrogens (primary N) is 1. The number of halogens is 2. The Morgan fingerprint density at radius 3 is 1.85 bits per heavy atom. The van der Waals surface area contributed by atoms with Crippen molar-refractivity contribution < 1.29 is 40.9 Å². The summed E-state index contributed by atoms with van der Waals surface area (Å²) in [7, 11) is 0. The number of hydrogen-bond donors (Lipinski definition) is 3. The van der Waals surface area contributed by atoms with Crippen molar-refractivity contribution in [2.24, 2.45) is 5.73 Å². The second-order valence-electron chi connectivity index (χ2n) is 3.52. The van der Waals surface area contributed by atoms with E-state index in [1.54, 1.807) is 6.20 Å². The third-order valence-electron chi connectivity index (χ3n) is 1.88. The van der Waals surface area contributed by atoms with Crippen LogP contribution < -0.4 is 5.73 Å². The number of pyridine rings is 1. The van der Waals surface area contributed by atoms with E-state index in [4.69, 9.17) is 15.9 Å². The molecule has 1 rings (SSSR count). The summed E-state index contributed by atoms with van der Waals surface area (Å²) >= 11 is 5.36. The average molecular weight is 593 g/mol. The molecule has 3 atom stereocenters. The summed E-state index contributed by atoms with van der Waals surface area (Å²) in [6.45, 7) is 1.92. The third kappa shape index (κ3) is 8.79. The standard InChI is InChI=1S/C7H10N2.C4H4Br2O4.Pt/c1-6(8)7-4-2-3-5-9-7;5-1(3(7)8)2(6)4(9)10;/h2-6H,8H2,1H3;1-2H,(H,7,8)(H,9,10);. The molecular weight excluding hydrogens is 579 g/mol. The number of rotatable bonds is 4. The Morgan fingerprint density at radius 2 is 1.65 bits per heavy atom. The van der Waals surface area contributed by atoms with Crippen LogP contribution in [-0.2, 0) is 30.7 Å². The van der Waals surface area contributed by atoms with Gasteiger partial charge >= 0.3 is 11.9 Å². The molecule has 1 aromatic rings. The zero-order valence-corrected chi connectivity index (χ0v) is 15.8. The number of carbonyl (C=O) groups is 2. The molecule has 0 radical (unpaired) electrons. The Morgan fingerprint density at radius 1 is 1.20 bits per heavy atom. The predicted octanol–water partition coefficient (Wildman–Crippen LogP) is 1.78. The van der Waals surface area contributed by atoms with Crippen LogP contribution in [0.2, 0.25) is 0 Å². The van der Waals surface area contributed by atoms with Crippen LogP contribution in [0.3, 0.4) is 0 Å². The minimum Gasteiger partial charge on any atom is -0.480 e. The van der Waals surface area contributed by atoms with Gasteiger partial charge in [0, 0.05) is 33.3 Å². The predicted molar refractivity (Wildman–Crippen MR) is 77.5 cm³/mol. The van der Waals surface area contributed by atoms with Crippen molar-refractivity contribution in [2.45, 2.75) is 22.6 Å². The van der Waals surface area contributed by atoms with Crippen LogP contribution in [0.15, 0.2) is 24.4 Å². The minimum absolute atomic E-state index is 0. The topological polar surface area (TPSA) is 114 Å². The number of carboxylic acid groups (broad SMARTS) is 2. The largest absolute Gasteiger partial charge is 0.480 e. The van der Waals surface area contributed by atoms with E-state index in [-0.39, 0.29) is 27.1 Å². The van der Waals surface area contributed by atoms with Crippen LogP contribution in [0.4, 0.5) is 0 Å². The van der Waals surface area contributed by atoms with Crippen LogP contribution in [0.1, 0.15) is 18.7 Å². The van der Waals surface area contributed by atoms with E-state index >= 15 is 0 Å². The van der Waals surface area contributed by atoms with Gasteiger partial charge in [-0.3, -0.25) is 14.6 Å². The normalized spacial score (nSPS) is 13.8. The quantitative estimate of drug-likeness (QED) is 0.460. The van der Waals surface area contributed by atoms with Crippen molar-refractivity contribution in [3.8, 4) is 0 Å². The molecule has 0 saturated carbocycles. The summed E-state index contributed by atoms with van der Waals surface area (Å²) in [5.74, 6) is -2.41. The van der Waals surface area contributed by atoms with E-state index in [9.17, 15) is 9.59 Å². The molecule has 0 aliphatic carbocycles. The van der Waals surface area contributed by atoms with E-state index in [1.165, 1.54) is 0 Å². The minimum atomic E-state index is -1.20. The Labute approximate surface area is 147 Å². The number of nitrogens with zero attached hydrogens (tertiary/aromatic N) is 1. The van der Waals surface area contributed by atoms with Crippen LogP contribution in [0, 0.1) is 0 Å². The molecule has 0 spiro atoms. The van der Waals surface area contributed by atoms with Crippen molar-refractivity contribution >= 4 is 43.8 Å². The zero-order chi connectivity index (χ0) is 15.0. The molecular formula is C11H14Br2N2O4Pt. The van der Waals surface area contributed by atoms with Crippen molar-refractivity contribution in [1.82, 2.24) is 4.98 Å². The summed E-state index contributed by atoms with van der Waals surface area (Å²) in [6.07, 6.45) is 1.75. The average Bonchev–Trinajstić information content (AvgIpc) is 2.38. The van der Waals surface area contributed by atoms with Crippen LogP contribution in [0.5, 0.6) is 0 Å². The molecule has 0 aromatic carbocycles. The number of aromatic nitrogens is 1. The molecule has 20 heavy (non-hydrogen) atoms. The van der Waals surface area contributed by atoms with E-state index in [0.717, 1.165) is 5.69 Å². The maximum absolute atomic E-state index is 10.1. The van der Waals surface area contributed by atoms with E-state index in [2.05, 4.69) is 36.8 Å². The number of aliphatic carboxylic acids is 2. The fourth-order valence-corrected chi connectivity index (χ4v) is 1.35. The van der Waals surface area contributed by atoms with Crippen molar-refractivity contribution in [3.63, 3.8) is 0 Å². The molecule has 0 aliphatic heterocycles. The van der Waals surface area contributed by atoms with Crippen LogP contribution in [0.25, 0.3) is 0 Å². The van der Waals surface area contributed by atoms with Gasteiger partial charge in [-0.1, -0.05) is 37.9 Å². The van der Waals surface area contributed by atoms with Gasteiger partial charge < -0.3 is 15.9 Å². The smallest absolute Gasteiger partial charge is 0.319 e. The Balaban J connectivity index is 0.